The van der Waals surface area contributed by atoms with Gasteiger partial charge in [-0.1, -0.05) is 109 Å². The largest absolute Gasteiger partial charge is 0.260 e. The second-order valence-corrected chi connectivity index (χ2v) is 10.6. The van der Waals surface area contributed by atoms with E-state index in [1.54, 1.807) is 0 Å². The highest BCUT2D eigenvalue weighted by atomic mass is 15.0. The van der Waals surface area contributed by atoms with Crippen LogP contribution in [0.3, 0.4) is 0 Å². The van der Waals surface area contributed by atoms with Crippen LogP contribution in [0.25, 0.3) is 67.7 Å². The van der Waals surface area contributed by atoms with Crippen LogP contribution in [0.15, 0.2) is 140 Å². The third-order valence-corrected chi connectivity index (χ3v) is 7.89. The Labute approximate surface area is 249 Å². The van der Waals surface area contributed by atoms with Gasteiger partial charge in [-0.2, -0.15) is 0 Å². The lowest BCUT2D eigenvalue weighted by molar-refractivity contribution is 1.07. The van der Waals surface area contributed by atoms with Gasteiger partial charge in [-0.3, -0.25) is 9.97 Å². The van der Waals surface area contributed by atoms with Gasteiger partial charge in [-0.05, 0) is 40.5 Å². The van der Waals surface area contributed by atoms with Gasteiger partial charge >= 0.3 is 0 Å². The Morgan fingerprint density at radius 3 is 1.70 bits per heavy atom. The van der Waals surface area contributed by atoms with Crippen molar-refractivity contribution >= 4 is 0 Å². The van der Waals surface area contributed by atoms with Gasteiger partial charge in [0, 0.05) is 46.6 Å². The number of aromatic nitrogens is 5. The Morgan fingerprint density at radius 1 is 0.395 bits per heavy atom. The van der Waals surface area contributed by atoms with Crippen LogP contribution in [0.4, 0.5) is 0 Å². The van der Waals surface area contributed by atoms with Crippen LogP contribution < -0.4 is 0 Å². The van der Waals surface area contributed by atoms with Crippen LogP contribution in [0.1, 0.15) is 11.3 Å². The summed E-state index contributed by atoms with van der Waals surface area (Å²) in [7, 11) is 0. The summed E-state index contributed by atoms with van der Waals surface area (Å²) < 4.78 is 0. The van der Waals surface area contributed by atoms with Crippen molar-refractivity contribution in [2.24, 2.45) is 0 Å². The lowest BCUT2D eigenvalue weighted by atomic mass is 9.98. The van der Waals surface area contributed by atoms with E-state index in [0.717, 1.165) is 51.2 Å². The predicted molar refractivity (Wildman–Crippen MR) is 171 cm³/mol. The van der Waals surface area contributed by atoms with Crippen molar-refractivity contribution in [1.29, 1.82) is 0 Å². The quantitative estimate of drug-likeness (QED) is 0.214. The van der Waals surface area contributed by atoms with Crippen molar-refractivity contribution in [3.05, 3.63) is 151 Å². The van der Waals surface area contributed by atoms with E-state index in [2.05, 4.69) is 65.6 Å². The van der Waals surface area contributed by atoms with Gasteiger partial charge in [-0.15, -0.1) is 0 Å². The summed E-state index contributed by atoms with van der Waals surface area (Å²) in [6.45, 7) is 0. The van der Waals surface area contributed by atoms with E-state index in [1.165, 1.54) is 16.7 Å². The van der Waals surface area contributed by atoms with Crippen LogP contribution in [-0.4, -0.2) is 24.9 Å². The van der Waals surface area contributed by atoms with E-state index in [1.807, 2.05) is 79.1 Å². The summed E-state index contributed by atoms with van der Waals surface area (Å²) in [5.41, 5.74) is 12.0. The molecule has 0 unspecified atom stereocenters. The Morgan fingerprint density at radius 2 is 1.00 bits per heavy atom. The zero-order valence-electron chi connectivity index (χ0n) is 23.2. The fourth-order valence-electron chi connectivity index (χ4n) is 5.76. The molecule has 202 valence electrons. The molecule has 1 aliphatic rings. The number of fused-ring (bicyclic) bond motifs is 3. The minimum atomic E-state index is 0.642. The Balaban J connectivity index is 1.15. The maximum atomic E-state index is 4.90. The molecule has 0 aliphatic heterocycles. The number of benzene rings is 4. The molecule has 0 N–H and O–H groups in total. The van der Waals surface area contributed by atoms with Gasteiger partial charge in [0.05, 0.1) is 11.4 Å². The van der Waals surface area contributed by atoms with Gasteiger partial charge in [0.2, 0.25) is 0 Å². The maximum absolute atomic E-state index is 4.90. The third-order valence-electron chi connectivity index (χ3n) is 7.89. The number of hydrogen-bond acceptors (Lipinski definition) is 5. The van der Waals surface area contributed by atoms with E-state index in [-0.39, 0.29) is 0 Å². The minimum Gasteiger partial charge on any atom is -0.260 e. The molecule has 0 fully saturated rings. The van der Waals surface area contributed by atoms with Gasteiger partial charge < -0.3 is 0 Å². The van der Waals surface area contributed by atoms with Crippen LogP contribution in [0, 0.1) is 0 Å². The molecule has 0 spiro atoms. The molecule has 5 heteroatoms. The normalized spacial score (nSPS) is 11.6. The number of nitrogens with zero attached hydrogens (tertiary/aromatic N) is 5. The molecular weight excluding hydrogens is 526 g/mol. The lowest BCUT2D eigenvalue weighted by Gasteiger charge is -2.11. The molecule has 0 saturated carbocycles. The molecule has 8 rings (SSSR count). The number of hydrogen-bond donors (Lipinski definition) is 0. The summed E-state index contributed by atoms with van der Waals surface area (Å²) in [4.78, 5) is 24.0. The SMILES string of the molecule is c1ccc(-c2nc(-c3ccccc3)nc(-c3cccc(-c4ccc(-c5nccc6c5Cc5ncccc5-6)cc4)c3)n2)cc1. The van der Waals surface area contributed by atoms with Crippen molar-refractivity contribution in [3.63, 3.8) is 0 Å². The van der Waals surface area contributed by atoms with Gasteiger partial charge in [0.15, 0.2) is 17.5 Å². The predicted octanol–water partition coefficient (Wildman–Crippen LogP) is 8.57. The fraction of sp³-hybridized carbons (Fsp3) is 0.0263. The molecule has 43 heavy (non-hydrogen) atoms. The average Bonchev–Trinajstić information content (AvgIpc) is 3.48. The zero-order valence-corrected chi connectivity index (χ0v) is 23.2. The van der Waals surface area contributed by atoms with E-state index in [9.17, 15) is 0 Å². The van der Waals surface area contributed by atoms with Gasteiger partial charge in [0.1, 0.15) is 0 Å². The Bertz CT molecular complexity index is 2030. The highest BCUT2D eigenvalue weighted by molar-refractivity contribution is 5.83. The first-order valence-electron chi connectivity index (χ1n) is 14.3. The highest BCUT2D eigenvalue weighted by Gasteiger charge is 2.23. The molecule has 5 nitrogen and oxygen atoms in total. The lowest BCUT2D eigenvalue weighted by Crippen LogP contribution is -2.00. The standard InChI is InChI=1S/C38H25N5/c1-3-9-27(10-4-1)36-41-37(28-11-5-2-6-12-28)43-38(42-36)30-14-7-13-29(23-30)25-16-18-26(19-17-25)35-33-24-34-32(15-8-21-39-34)31(33)20-22-40-35/h1-23H,24H2. The van der Waals surface area contributed by atoms with Crippen molar-refractivity contribution in [2.45, 2.75) is 6.42 Å². The first kappa shape index (κ1) is 24.9. The van der Waals surface area contributed by atoms with Crippen LogP contribution in [0.5, 0.6) is 0 Å². The molecular formula is C38H25N5. The van der Waals surface area contributed by atoms with Crippen LogP contribution in [0.2, 0.25) is 0 Å². The molecule has 1 aliphatic carbocycles. The van der Waals surface area contributed by atoms with Crippen LogP contribution >= 0.6 is 0 Å². The molecule has 0 atom stereocenters. The zero-order chi connectivity index (χ0) is 28.6. The number of rotatable bonds is 5. The molecule has 7 aromatic rings. The second-order valence-electron chi connectivity index (χ2n) is 10.6. The third kappa shape index (κ3) is 4.67. The van der Waals surface area contributed by atoms with Gasteiger partial charge in [-0.25, -0.2) is 15.0 Å². The van der Waals surface area contributed by atoms with Crippen molar-refractivity contribution in [2.75, 3.05) is 0 Å². The number of pyridine rings is 2. The van der Waals surface area contributed by atoms with E-state index >= 15 is 0 Å². The smallest absolute Gasteiger partial charge is 0.164 e. The summed E-state index contributed by atoms with van der Waals surface area (Å²) in [5.74, 6) is 1.95. The second kappa shape index (κ2) is 10.5. The van der Waals surface area contributed by atoms with Crippen molar-refractivity contribution in [3.8, 4) is 67.7 Å². The Hall–Kier alpha value is -5.81. The molecule has 0 saturated heterocycles. The highest BCUT2D eigenvalue weighted by Crippen LogP contribution is 2.40. The first-order valence-corrected chi connectivity index (χ1v) is 14.3. The summed E-state index contributed by atoms with van der Waals surface area (Å²) >= 11 is 0. The molecule has 3 aromatic heterocycles. The average molecular weight is 552 g/mol. The molecule has 3 heterocycles. The molecule has 0 radical (unpaired) electrons. The van der Waals surface area contributed by atoms with Crippen molar-refractivity contribution < 1.29 is 0 Å². The van der Waals surface area contributed by atoms with E-state index in [4.69, 9.17) is 19.9 Å². The monoisotopic (exact) mass is 551 g/mol. The fourth-order valence-corrected chi connectivity index (χ4v) is 5.76. The van der Waals surface area contributed by atoms with Crippen LogP contribution in [-0.2, 0) is 6.42 Å². The van der Waals surface area contributed by atoms with E-state index < -0.39 is 0 Å². The molecule has 0 bridgehead atoms. The van der Waals surface area contributed by atoms with Gasteiger partial charge in [0.25, 0.3) is 0 Å². The first-order chi connectivity index (χ1) is 21.3. The topological polar surface area (TPSA) is 64.5 Å². The Kier molecular flexibility index (Phi) is 6.12. The molecule has 0 amide bonds. The summed E-state index contributed by atoms with van der Waals surface area (Å²) in [6.07, 6.45) is 4.57. The van der Waals surface area contributed by atoms with Crippen molar-refractivity contribution in [1.82, 2.24) is 24.9 Å². The summed E-state index contributed by atoms with van der Waals surface area (Å²) in [5, 5.41) is 0. The van der Waals surface area contributed by atoms with E-state index in [0.29, 0.717) is 17.5 Å². The maximum Gasteiger partial charge on any atom is 0.164 e. The molecule has 4 aromatic carbocycles. The minimum absolute atomic E-state index is 0.642. The summed E-state index contributed by atoms with van der Waals surface area (Å²) in [6, 6.07) is 43.4.